The molecular weight excluding hydrogens is 278 g/mol. The van der Waals surface area contributed by atoms with E-state index in [0.29, 0.717) is 0 Å². The molecule has 114 valence electrons. The summed E-state index contributed by atoms with van der Waals surface area (Å²) in [6.07, 6.45) is 0. The molecule has 0 radical (unpaired) electrons. The molecule has 0 spiro atoms. The van der Waals surface area contributed by atoms with Gasteiger partial charge in [-0.25, -0.2) is 0 Å². The molecule has 1 atom stereocenters. The molecule has 0 aromatic carbocycles. The summed E-state index contributed by atoms with van der Waals surface area (Å²) in [4.78, 5) is 26.7. The molecule has 0 aliphatic heterocycles. The standard InChI is InChI=1S/C13H23N3O3S/c1-11(2,3)19-10(18)13(7,9(17)15-16-14)8-20-12(4,5)6/h8H2,1-7H3. The summed E-state index contributed by atoms with van der Waals surface area (Å²) >= 11 is 1.44. The number of esters is 1. The summed E-state index contributed by atoms with van der Waals surface area (Å²) in [7, 11) is 0. The van der Waals surface area contributed by atoms with Crippen LogP contribution in [0.25, 0.3) is 10.4 Å². The van der Waals surface area contributed by atoms with Crippen LogP contribution in [0.15, 0.2) is 5.11 Å². The van der Waals surface area contributed by atoms with Gasteiger partial charge in [0.15, 0.2) is 0 Å². The number of hydrogen-bond donors (Lipinski definition) is 0. The van der Waals surface area contributed by atoms with Crippen LogP contribution in [0.2, 0.25) is 0 Å². The molecule has 0 rings (SSSR count). The number of amides is 1. The van der Waals surface area contributed by atoms with Gasteiger partial charge in [-0.3, -0.25) is 9.59 Å². The Kier molecular flexibility index (Phi) is 6.11. The summed E-state index contributed by atoms with van der Waals surface area (Å²) in [6.45, 7) is 12.6. The van der Waals surface area contributed by atoms with E-state index in [9.17, 15) is 9.59 Å². The van der Waals surface area contributed by atoms with Crippen molar-refractivity contribution in [2.75, 3.05) is 5.75 Å². The number of hydrogen-bond acceptors (Lipinski definition) is 4. The molecule has 0 aliphatic rings. The Morgan fingerprint density at radius 1 is 1.15 bits per heavy atom. The fourth-order valence-corrected chi connectivity index (χ4v) is 2.07. The van der Waals surface area contributed by atoms with Crippen molar-refractivity contribution in [2.24, 2.45) is 10.5 Å². The number of azide groups is 1. The Hall–Kier alpha value is -1.20. The zero-order valence-electron chi connectivity index (χ0n) is 13.2. The topological polar surface area (TPSA) is 92.1 Å². The van der Waals surface area contributed by atoms with Gasteiger partial charge in [-0.1, -0.05) is 20.8 Å². The number of carbonyl (C=O) groups excluding carboxylic acids is 2. The summed E-state index contributed by atoms with van der Waals surface area (Å²) in [5, 5.41) is 3.08. The van der Waals surface area contributed by atoms with E-state index >= 15 is 0 Å². The van der Waals surface area contributed by atoms with Crippen LogP contribution in [0.4, 0.5) is 0 Å². The van der Waals surface area contributed by atoms with Gasteiger partial charge >= 0.3 is 5.97 Å². The molecule has 1 unspecified atom stereocenters. The third-order valence-electron chi connectivity index (χ3n) is 2.25. The molecule has 20 heavy (non-hydrogen) atoms. The lowest BCUT2D eigenvalue weighted by Gasteiger charge is -2.31. The Morgan fingerprint density at radius 2 is 1.65 bits per heavy atom. The minimum atomic E-state index is -1.47. The molecule has 0 saturated carbocycles. The fraction of sp³-hybridized carbons (Fsp3) is 0.846. The number of thioether (sulfide) groups is 1. The molecule has 6 nitrogen and oxygen atoms in total. The van der Waals surface area contributed by atoms with Crippen LogP contribution in [0.3, 0.4) is 0 Å². The lowest BCUT2D eigenvalue weighted by molar-refractivity contribution is -0.167. The minimum absolute atomic E-state index is 0.125. The number of nitrogens with zero attached hydrogens (tertiary/aromatic N) is 3. The van der Waals surface area contributed by atoms with Crippen molar-refractivity contribution in [3.05, 3.63) is 10.4 Å². The van der Waals surface area contributed by atoms with E-state index in [4.69, 9.17) is 10.3 Å². The van der Waals surface area contributed by atoms with Gasteiger partial charge in [0.2, 0.25) is 5.91 Å². The predicted octanol–water partition coefficient (Wildman–Crippen LogP) is 3.70. The van der Waals surface area contributed by atoms with Gasteiger partial charge in [0, 0.05) is 15.4 Å². The largest absolute Gasteiger partial charge is 0.459 e. The van der Waals surface area contributed by atoms with Crippen LogP contribution in [-0.4, -0.2) is 28.0 Å². The normalized spacial score (nSPS) is 14.9. The second-order valence-corrected chi connectivity index (χ2v) is 8.53. The second-order valence-electron chi connectivity index (χ2n) is 6.73. The van der Waals surface area contributed by atoms with Gasteiger partial charge < -0.3 is 4.74 Å². The van der Waals surface area contributed by atoms with Crippen molar-refractivity contribution in [1.82, 2.24) is 0 Å². The second kappa shape index (κ2) is 6.50. The summed E-state index contributed by atoms with van der Waals surface area (Å²) in [5.74, 6) is -1.28. The Balaban J connectivity index is 5.30. The van der Waals surface area contributed by atoms with Gasteiger partial charge in [0.25, 0.3) is 0 Å². The Labute approximate surface area is 124 Å². The number of rotatable bonds is 4. The Bertz CT molecular complexity index is 431. The third kappa shape index (κ3) is 6.30. The molecule has 0 bridgehead atoms. The highest BCUT2D eigenvalue weighted by Gasteiger charge is 2.44. The van der Waals surface area contributed by atoms with Crippen molar-refractivity contribution < 1.29 is 14.3 Å². The average Bonchev–Trinajstić information content (AvgIpc) is 2.22. The highest BCUT2D eigenvalue weighted by molar-refractivity contribution is 8.00. The first-order valence-electron chi connectivity index (χ1n) is 6.29. The van der Waals surface area contributed by atoms with Gasteiger partial charge in [-0.15, -0.1) is 0 Å². The van der Waals surface area contributed by atoms with Gasteiger partial charge in [0.05, 0.1) is 0 Å². The van der Waals surface area contributed by atoms with Crippen molar-refractivity contribution in [1.29, 1.82) is 0 Å². The van der Waals surface area contributed by atoms with E-state index in [2.05, 4.69) is 10.0 Å². The molecule has 0 aromatic rings. The maximum atomic E-state index is 12.3. The van der Waals surface area contributed by atoms with Crippen LogP contribution in [0.5, 0.6) is 0 Å². The highest BCUT2D eigenvalue weighted by Crippen LogP contribution is 2.34. The zero-order valence-corrected chi connectivity index (χ0v) is 14.0. The van der Waals surface area contributed by atoms with Crippen molar-refractivity contribution >= 4 is 23.6 Å². The first kappa shape index (κ1) is 18.8. The van der Waals surface area contributed by atoms with Gasteiger partial charge in [-0.05, 0) is 38.3 Å². The molecule has 0 heterocycles. The molecule has 1 amide bonds. The fourth-order valence-electron chi connectivity index (χ4n) is 1.11. The van der Waals surface area contributed by atoms with E-state index in [1.807, 2.05) is 20.8 Å². The minimum Gasteiger partial charge on any atom is -0.459 e. The van der Waals surface area contributed by atoms with E-state index in [0.717, 1.165) is 0 Å². The predicted molar refractivity (Wildman–Crippen MR) is 80.3 cm³/mol. The van der Waals surface area contributed by atoms with Gasteiger partial charge in [0.1, 0.15) is 11.0 Å². The van der Waals surface area contributed by atoms with Crippen LogP contribution in [0, 0.1) is 5.41 Å². The van der Waals surface area contributed by atoms with Crippen molar-refractivity contribution in [3.8, 4) is 0 Å². The quantitative estimate of drug-likeness (QED) is 0.260. The SMILES string of the molecule is CC(C)(C)OC(=O)C(C)(CSC(C)(C)C)C(=O)N=[N+]=[N-]. The highest BCUT2D eigenvalue weighted by atomic mass is 32.2. The van der Waals surface area contributed by atoms with Gasteiger partial charge in [-0.2, -0.15) is 11.8 Å². The average molecular weight is 301 g/mol. The molecular formula is C13H23N3O3S. The summed E-state index contributed by atoms with van der Waals surface area (Å²) in [5.41, 5.74) is 6.24. The summed E-state index contributed by atoms with van der Waals surface area (Å²) in [6, 6.07) is 0. The lowest BCUT2D eigenvalue weighted by atomic mass is 9.92. The maximum Gasteiger partial charge on any atom is 0.320 e. The van der Waals surface area contributed by atoms with Crippen LogP contribution >= 0.6 is 11.8 Å². The smallest absolute Gasteiger partial charge is 0.320 e. The zero-order chi connectivity index (χ0) is 16.2. The molecule has 0 aromatic heterocycles. The Morgan fingerprint density at radius 3 is 2.00 bits per heavy atom. The van der Waals surface area contributed by atoms with E-state index in [1.165, 1.54) is 18.7 Å². The molecule has 0 aliphatic carbocycles. The summed E-state index contributed by atoms with van der Waals surface area (Å²) < 4.78 is 5.15. The third-order valence-corrected chi connectivity index (χ3v) is 3.84. The first-order valence-corrected chi connectivity index (χ1v) is 7.27. The molecule has 0 saturated heterocycles. The van der Waals surface area contributed by atoms with Crippen LogP contribution in [0.1, 0.15) is 48.5 Å². The number of carbonyl (C=O) groups is 2. The molecule has 0 fully saturated rings. The van der Waals surface area contributed by atoms with Crippen molar-refractivity contribution in [3.63, 3.8) is 0 Å². The first-order chi connectivity index (χ1) is 8.82. The van der Waals surface area contributed by atoms with E-state index < -0.39 is 22.9 Å². The van der Waals surface area contributed by atoms with E-state index in [-0.39, 0.29) is 10.5 Å². The van der Waals surface area contributed by atoms with E-state index in [1.54, 1.807) is 20.8 Å². The molecule has 0 N–H and O–H groups in total. The lowest BCUT2D eigenvalue weighted by Crippen LogP contribution is -2.43. The van der Waals surface area contributed by atoms with Crippen molar-refractivity contribution in [2.45, 2.75) is 58.8 Å². The van der Waals surface area contributed by atoms with Crippen LogP contribution < -0.4 is 0 Å². The van der Waals surface area contributed by atoms with Crippen LogP contribution in [-0.2, 0) is 14.3 Å². The number of ether oxygens (including phenoxy) is 1. The maximum absolute atomic E-state index is 12.3. The monoisotopic (exact) mass is 301 g/mol. The molecule has 7 heteroatoms.